The van der Waals surface area contributed by atoms with Crippen molar-refractivity contribution in [3.05, 3.63) is 16.1 Å². The number of hydrogen-bond donors (Lipinski definition) is 2. The number of amides is 2. The normalized spacial score (nSPS) is 18.5. The number of aryl methyl sites for hydroxylation is 1. The van der Waals surface area contributed by atoms with Gasteiger partial charge in [-0.15, -0.1) is 11.3 Å². The van der Waals surface area contributed by atoms with Crippen molar-refractivity contribution >= 4 is 23.2 Å². The molecule has 0 bridgehead atoms. The standard InChI is InChI=1S/C11H15N3O2S/c1-6(8-5-17-7(2)14-8)13-10(16)11(3-4-11)9(12)15/h5-6H,3-4H2,1-2H3,(H2,12,15)(H,13,16)/t6-/m1/s1. The van der Waals surface area contributed by atoms with Gasteiger partial charge in [-0.2, -0.15) is 0 Å². The summed E-state index contributed by atoms with van der Waals surface area (Å²) in [6, 6.07) is -0.190. The Morgan fingerprint density at radius 3 is 2.65 bits per heavy atom. The first-order chi connectivity index (χ1) is 7.95. The fraction of sp³-hybridized carbons (Fsp3) is 0.545. The second-order valence-electron chi connectivity index (χ2n) is 4.43. The van der Waals surface area contributed by atoms with E-state index in [0.29, 0.717) is 12.8 Å². The number of nitrogens with zero attached hydrogens (tertiary/aromatic N) is 1. The Hall–Kier alpha value is -1.43. The molecule has 1 aromatic heterocycles. The second-order valence-corrected chi connectivity index (χ2v) is 5.50. The first-order valence-corrected chi connectivity index (χ1v) is 6.36. The molecule has 1 fully saturated rings. The van der Waals surface area contributed by atoms with Gasteiger partial charge in [0, 0.05) is 5.38 Å². The van der Waals surface area contributed by atoms with Gasteiger partial charge in [-0.3, -0.25) is 9.59 Å². The quantitative estimate of drug-likeness (QED) is 0.782. The molecular formula is C11H15N3O2S. The van der Waals surface area contributed by atoms with Gasteiger partial charge in [0.2, 0.25) is 11.8 Å². The van der Waals surface area contributed by atoms with E-state index in [4.69, 9.17) is 5.73 Å². The molecule has 1 atom stereocenters. The molecule has 1 saturated carbocycles. The van der Waals surface area contributed by atoms with Gasteiger partial charge < -0.3 is 11.1 Å². The number of hydrogen-bond acceptors (Lipinski definition) is 4. The summed E-state index contributed by atoms with van der Waals surface area (Å²) < 4.78 is 0. The number of thiazole rings is 1. The second kappa shape index (κ2) is 4.10. The molecule has 1 aliphatic rings. The van der Waals surface area contributed by atoms with E-state index in [0.717, 1.165) is 10.7 Å². The van der Waals surface area contributed by atoms with Crippen LogP contribution in [0.5, 0.6) is 0 Å². The summed E-state index contributed by atoms with van der Waals surface area (Å²) in [6.07, 6.45) is 1.11. The van der Waals surface area contributed by atoms with Gasteiger partial charge >= 0.3 is 0 Å². The monoisotopic (exact) mass is 253 g/mol. The van der Waals surface area contributed by atoms with E-state index in [1.807, 2.05) is 19.2 Å². The van der Waals surface area contributed by atoms with Gasteiger partial charge in [0.1, 0.15) is 5.41 Å². The lowest BCUT2D eigenvalue weighted by Crippen LogP contribution is -2.41. The molecule has 0 aliphatic heterocycles. The van der Waals surface area contributed by atoms with Gasteiger partial charge in [0.05, 0.1) is 16.7 Å². The lowest BCUT2D eigenvalue weighted by atomic mass is 10.1. The Morgan fingerprint density at radius 1 is 1.59 bits per heavy atom. The molecule has 0 radical (unpaired) electrons. The summed E-state index contributed by atoms with van der Waals surface area (Å²) in [5, 5.41) is 5.66. The molecule has 1 aromatic rings. The van der Waals surface area contributed by atoms with Crippen LogP contribution in [0.3, 0.4) is 0 Å². The molecule has 0 spiro atoms. The SMILES string of the molecule is Cc1nc([C@@H](C)NC(=O)C2(C(N)=O)CC2)cs1. The van der Waals surface area contributed by atoms with Crippen molar-refractivity contribution < 1.29 is 9.59 Å². The summed E-state index contributed by atoms with van der Waals surface area (Å²) in [5.74, 6) is -0.806. The number of carbonyl (C=O) groups is 2. The molecule has 1 heterocycles. The van der Waals surface area contributed by atoms with Crippen molar-refractivity contribution in [1.82, 2.24) is 10.3 Å². The van der Waals surface area contributed by atoms with Crippen molar-refractivity contribution in [2.45, 2.75) is 32.7 Å². The van der Waals surface area contributed by atoms with Crippen molar-refractivity contribution in [3.63, 3.8) is 0 Å². The van der Waals surface area contributed by atoms with Crippen molar-refractivity contribution in [3.8, 4) is 0 Å². The molecule has 1 aliphatic carbocycles. The zero-order valence-corrected chi connectivity index (χ0v) is 10.6. The number of rotatable bonds is 4. The molecule has 5 nitrogen and oxygen atoms in total. The minimum Gasteiger partial charge on any atom is -0.369 e. The lowest BCUT2D eigenvalue weighted by molar-refractivity contribution is -0.135. The van der Waals surface area contributed by atoms with Crippen LogP contribution in [0, 0.1) is 12.3 Å². The highest BCUT2D eigenvalue weighted by Crippen LogP contribution is 2.45. The third-order valence-corrected chi connectivity index (χ3v) is 3.88. The van der Waals surface area contributed by atoms with E-state index < -0.39 is 11.3 Å². The van der Waals surface area contributed by atoms with Crippen LogP contribution in [-0.4, -0.2) is 16.8 Å². The predicted molar refractivity (Wildman–Crippen MR) is 64.3 cm³/mol. The number of primary amides is 1. The molecule has 17 heavy (non-hydrogen) atoms. The van der Waals surface area contributed by atoms with Crippen LogP contribution in [0.2, 0.25) is 0 Å². The van der Waals surface area contributed by atoms with Gasteiger partial charge in [-0.25, -0.2) is 4.98 Å². The van der Waals surface area contributed by atoms with Gasteiger partial charge in [-0.1, -0.05) is 0 Å². The Balaban J connectivity index is 2.02. The van der Waals surface area contributed by atoms with Crippen molar-refractivity contribution in [2.75, 3.05) is 0 Å². The van der Waals surface area contributed by atoms with E-state index >= 15 is 0 Å². The average Bonchev–Trinajstić information content (AvgIpc) is 2.96. The minimum absolute atomic E-state index is 0.190. The van der Waals surface area contributed by atoms with Gasteiger partial charge in [0.25, 0.3) is 0 Å². The molecule has 0 aromatic carbocycles. The highest BCUT2D eigenvalue weighted by molar-refractivity contribution is 7.09. The maximum absolute atomic E-state index is 11.9. The summed E-state index contributed by atoms with van der Waals surface area (Å²) in [5.41, 5.74) is 5.10. The van der Waals surface area contributed by atoms with Crippen LogP contribution in [-0.2, 0) is 9.59 Å². The Labute approximate surface area is 103 Å². The average molecular weight is 253 g/mol. The zero-order valence-electron chi connectivity index (χ0n) is 9.82. The predicted octanol–water partition coefficient (Wildman–Crippen LogP) is 0.894. The fourth-order valence-corrected chi connectivity index (χ4v) is 2.40. The van der Waals surface area contributed by atoms with Crippen LogP contribution >= 0.6 is 11.3 Å². The van der Waals surface area contributed by atoms with Crippen LogP contribution in [0.1, 0.15) is 36.5 Å². The van der Waals surface area contributed by atoms with Crippen LogP contribution in [0.15, 0.2) is 5.38 Å². The summed E-state index contributed by atoms with van der Waals surface area (Å²) in [7, 11) is 0. The largest absolute Gasteiger partial charge is 0.369 e. The molecule has 0 saturated heterocycles. The third-order valence-electron chi connectivity index (χ3n) is 3.08. The molecule has 2 rings (SSSR count). The molecule has 3 N–H and O–H groups in total. The van der Waals surface area contributed by atoms with Gasteiger partial charge in [0.15, 0.2) is 0 Å². The third kappa shape index (κ3) is 2.17. The van der Waals surface area contributed by atoms with Gasteiger partial charge in [-0.05, 0) is 26.7 Å². The van der Waals surface area contributed by atoms with Crippen LogP contribution < -0.4 is 11.1 Å². The molecule has 92 valence electrons. The first-order valence-electron chi connectivity index (χ1n) is 5.48. The summed E-state index contributed by atoms with van der Waals surface area (Å²) in [6.45, 7) is 3.76. The highest BCUT2D eigenvalue weighted by Gasteiger charge is 2.55. The lowest BCUT2D eigenvalue weighted by Gasteiger charge is -2.16. The Bertz CT molecular complexity index is 465. The highest BCUT2D eigenvalue weighted by atomic mass is 32.1. The number of nitrogens with two attached hydrogens (primary N) is 1. The fourth-order valence-electron chi connectivity index (χ4n) is 1.70. The van der Waals surface area contributed by atoms with Crippen molar-refractivity contribution in [1.29, 1.82) is 0 Å². The Kier molecular flexibility index (Phi) is 2.91. The zero-order chi connectivity index (χ0) is 12.6. The summed E-state index contributed by atoms with van der Waals surface area (Å²) in [4.78, 5) is 27.4. The van der Waals surface area contributed by atoms with E-state index in [1.54, 1.807) is 0 Å². The molecule has 6 heteroatoms. The van der Waals surface area contributed by atoms with E-state index in [1.165, 1.54) is 11.3 Å². The van der Waals surface area contributed by atoms with E-state index in [2.05, 4.69) is 10.3 Å². The molecule has 2 amide bonds. The van der Waals surface area contributed by atoms with E-state index in [9.17, 15) is 9.59 Å². The number of carbonyl (C=O) groups excluding carboxylic acids is 2. The van der Waals surface area contributed by atoms with E-state index in [-0.39, 0.29) is 11.9 Å². The smallest absolute Gasteiger partial charge is 0.236 e. The minimum atomic E-state index is -0.959. The maximum atomic E-state index is 11.9. The number of aromatic nitrogens is 1. The van der Waals surface area contributed by atoms with Crippen molar-refractivity contribution in [2.24, 2.45) is 11.1 Å². The van der Waals surface area contributed by atoms with Crippen LogP contribution in [0.25, 0.3) is 0 Å². The summed E-state index contributed by atoms with van der Waals surface area (Å²) >= 11 is 1.54. The molecular weight excluding hydrogens is 238 g/mol. The van der Waals surface area contributed by atoms with Crippen LogP contribution in [0.4, 0.5) is 0 Å². The maximum Gasteiger partial charge on any atom is 0.236 e. The first kappa shape index (κ1) is 12.0. The topological polar surface area (TPSA) is 85.1 Å². The molecule has 0 unspecified atom stereocenters. The Morgan fingerprint density at radius 2 is 2.24 bits per heavy atom. The number of nitrogens with one attached hydrogen (secondary N) is 1.